The maximum absolute atomic E-state index is 12.6. The van der Waals surface area contributed by atoms with E-state index in [1.165, 1.54) is 0 Å². The molecule has 1 aliphatic rings. The minimum Gasteiger partial charge on any atom is -0.378 e. The number of fused-ring (bicyclic) bond motifs is 1. The summed E-state index contributed by atoms with van der Waals surface area (Å²) in [4.78, 5) is 39.5. The standard InChI is InChI=1S/C20H20N4O4/c25-18(13-24-20(27)15-6-2-1-5-14(15)19(26)22-24)21-16-7-3-4-8-17(16)23-9-11-28-12-10-23/h1-8H,9-13H2,(H,21,25)(H,22,26). The first-order valence-electron chi connectivity index (χ1n) is 9.07. The number of para-hydroxylation sites is 2. The number of carbonyl (C=O) groups excluding carboxylic acids is 1. The van der Waals surface area contributed by atoms with E-state index in [1.54, 1.807) is 24.3 Å². The molecular weight excluding hydrogens is 360 g/mol. The van der Waals surface area contributed by atoms with E-state index in [-0.39, 0.29) is 11.9 Å². The van der Waals surface area contributed by atoms with Gasteiger partial charge in [-0.3, -0.25) is 19.5 Å². The number of anilines is 2. The molecular formula is C20H20N4O4. The fraction of sp³-hybridized carbons (Fsp3) is 0.250. The van der Waals surface area contributed by atoms with Crippen LogP contribution in [0.1, 0.15) is 0 Å². The lowest BCUT2D eigenvalue weighted by molar-refractivity contribution is -0.117. The van der Waals surface area contributed by atoms with Gasteiger partial charge in [-0.25, -0.2) is 4.68 Å². The number of ether oxygens (including phenoxy) is 1. The summed E-state index contributed by atoms with van der Waals surface area (Å²) in [5.74, 6) is -0.395. The van der Waals surface area contributed by atoms with E-state index < -0.39 is 17.0 Å². The van der Waals surface area contributed by atoms with Gasteiger partial charge in [-0.2, -0.15) is 0 Å². The van der Waals surface area contributed by atoms with Crippen molar-refractivity contribution in [3.8, 4) is 0 Å². The van der Waals surface area contributed by atoms with Gasteiger partial charge in [-0.05, 0) is 24.3 Å². The van der Waals surface area contributed by atoms with Gasteiger partial charge in [-0.15, -0.1) is 0 Å². The van der Waals surface area contributed by atoms with Gasteiger partial charge in [0.15, 0.2) is 0 Å². The maximum atomic E-state index is 12.6. The number of benzene rings is 2. The van der Waals surface area contributed by atoms with Gasteiger partial charge in [0.1, 0.15) is 6.54 Å². The van der Waals surface area contributed by atoms with Gasteiger partial charge in [-0.1, -0.05) is 24.3 Å². The number of rotatable bonds is 4. The van der Waals surface area contributed by atoms with Crippen molar-refractivity contribution < 1.29 is 9.53 Å². The molecule has 2 N–H and O–H groups in total. The molecule has 2 heterocycles. The Hall–Kier alpha value is -3.39. The maximum Gasteiger partial charge on any atom is 0.273 e. The number of H-pyrrole nitrogens is 1. The minimum absolute atomic E-state index is 0.281. The van der Waals surface area contributed by atoms with Crippen LogP contribution < -0.4 is 21.3 Å². The predicted octanol–water partition coefficient (Wildman–Crippen LogP) is 1.17. The Morgan fingerprint density at radius 2 is 1.68 bits per heavy atom. The molecule has 0 atom stereocenters. The molecule has 0 spiro atoms. The molecule has 1 aliphatic heterocycles. The number of aromatic nitrogens is 2. The molecule has 4 rings (SSSR count). The van der Waals surface area contributed by atoms with E-state index in [4.69, 9.17) is 4.74 Å². The third-order valence-electron chi connectivity index (χ3n) is 4.72. The van der Waals surface area contributed by atoms with Crippen LogP contribution in [-0.2, 0) is 16.1 Å². The summed E-state index contributed by atoms with van der Waals surface area (Å²) in [6.07, 6.45) is 0. The Labute approximate surface area is 160 Å². The summed E-state index contributed by atoms with van der Waals surface area (Å²) in [7, 11) is 0. The quantitative estimate of drug-likeness (QED) is 0.708. The molecule has 1 saturated heterocycles. The van der Waals surface area contributed by atoms with Gasteiger partial charge in [0, 0.05) is 13.1 Å². The van der Waals surface area contributed by atoms with E-state index in [2.05, 4.69) is 15.3 Å². The zero-order chi connectivity index (χ0) is 19.5. The van der Waals surface area contributed by atoms with E-state index in [1.807, 2.05) is 24.3 Å². The normalized spacial score (nSPS) is 14.2. The molecule has 28 heavy (non-hydrogen) atoms. The Morgan fingerprint density at radius 1 is 1.00 bits per heavy atom. The number of amides is 1. The first-order valence-corrected chi connectivity index (χ1v) is 9.07. The highest BCUT2D eigenvalue weighted by molar-refractivity contribution is 5.94. The van der Waals surface area contributed by atoms with Crippen LogP contribution in [0.3, 0.4) is 0 Å². The second-order valence-corrected chi connectivity index (χ2v) is 6.54. The average Bonchev–Trinajstić information content (AvgIpc) is 2.73. The Morgan fingerprint density at radius 3 is 2.46 bits per heavy atom. The molecule has 8 heteroatoms. The smallest absolute Gasteiger partial charge is 0.273 e. The highest BCUT2D eigenvalue weighted by Gasteiger charge is 2.16. The molecule has 0 radical (unpaired) electrons. The fourth-order valence-electron chi connectivity index (χ4n) is 3.35. The van der Waals surface area contributed by atoms with Gasteiger partial charge >= 0.3 is 0 Å². The van der Waals surface area contributed by atoms with Crippen molar-refractivity contribution >= 4 is 28.1 Å². The summed E-state index contributed by atoms with van der Waals surface area (Å²) in [5.41, 5.74) is 0.743. The molecule has 2 aromatic carbocycles. The van der Waals surface area contributed by atoms with Crippen molar-refractivity contribution in [2.75, 3.05) is 36.5 Å². The topological polar surface area (TPSA) is 96.4 Å². The number of morpholine rings is 1. The molecule has 0 aliphatic carbocycles. The Bertz CT molecular complexity index is 1130. The molecule has 1 fully saturated rings. The zero-order valence-corrected chi connectivity index (χ0v) is 15.2. The van der Waals surface area contributed by atoms with E-state index in [0.717, 1.165) is 23.5 Å². The van der Waals surface area contributed by atoms with Crippen LogP contribution >= 0.6 is 0 Å². The summed E-state index contributed by atoms with van der Waals surface area (Å²) in [6.45, 7) is 2.47. The van der Waals surface area contributed by atoms with Crippen LogP contribution in [0.4, 0.5) is 11.4 Å². The second-order valence-electron chi connectivity index (χ2n) is 6.54. The summed E-state index contributed by atoms with van der Waals surface area (Å²) in [5, 5.41) is 5.91. The zero-order valence-electron chi connectivity index (χ0n) is 15.2. The van der Waals surface area contributed by atoms with Crippen LogP contribution in [0.2, 0.25) is 0 Å². The number of carbonyl (C=O) groups is 1. The van der Waals surface area contributed by atoms with Crippen LogP contribution in [0.5, 0.6) is 0 Å². The lowest BCUT2D eigenvalue weighted by Gasteiger charge is -2.30. The SMILES string of the molecule is O=C(Cn1[nH]c(=O)c2ccccc2c1=O)Nc1ccccc1N1CCOCC1. The Kier molecular flexibility index (Phi) is 4.94. The van der Waals surface area contributed by atoms with Crippen molar-refractivity contribution in [2.24, 2.45) is 0 Å². The Balaban J connectivity index is 1.58. The number of nitrogens with zero attached hydrogens (tertiary/aromatic N) is 2. The molecule has 0 unspecified atom stereocenters. The third-order valence-corrected chi connectivity index (χ3v) is 4.72. The first-order chi connectivity index (χ1) is 13.6. The minimum atomic E-state index is -0.410. The first kappa shape index (κ1) is 18.0. The number of aromatic amines is 1. The van der Waals surface area contributed by atoms with Crippen LogP contribution in [0.25, 0.3) is 10.8 Å². The molecule has 0 bridgehead atoms. The van der Waals surface area contributed by atoms with Crippen molar-refractivity contribution in [2.45, 2.75) is 6.54 Å². The molecule has 3 aromatic rings. The van der Waals surface area contributed by atoms with Crippen LogP contribution in [0, 0.1) is 0 Å². The largest absolute Gasteiger partial charge is 0.378 e. The molecule has 144 valence electrons. The lowest BCUT2D eigenvalue weighted by Crippen LogP contribution is -2.37. The van der Waals surface area contributed by atoms with E-state index in [9.17, 15) is 14.4 Å². The highest BCUT2D eigenvalue weighted by atomic mass is 16.5. The number of nitrogens with one attached hydrogen (secondary N) is 2. The second kappa shape index (κ2) is 7.69. The summed E-state index contributed by atoms with van der Waals surface area (Å²) < 4.78 is 6.42. The lowest BCUT2D eigenvalue weighted by atomic mass is 10.2. The van der Waals surface area contributed by atoms with Crippen LogP contribution in [-0.4, -0.2) is 42.0 Å². The van der Waals surface area contributed by atoms with Crippen molar-refractivity contribution in [1.29, 1.82) is 0 Å². The van der Waals surface area contributed by atoms with Gasteiger partial charge in [0.05, 0.1) is 35.4 Å². The predicted molar refractivity (Wildman–Crippen MR) is 107 cm³/mol. The van der Waals surface area contributed by atoms with Crippen molar-refractivity contribution in [1.82, 2.24) is 9.78 Å². The molecule has 1 amide bonds. The van der Waals surface area contributed by atoms with Gasteiger partial charge in [0.25, 0.3) is 11.1 Å². The number of hydrogen-bond acceptors (Lipinski definition) is 5. The molecule has 1 aromatic heterocycles. The molecule has 0 saturated carbocycles. The van der Waals surface area contributed by atoms with E-state index in [0.29, 0.717) is 24.3 Å². The highest BCUT2D eigenvalue weighted by Crippen LogP contribution is 2.26. The van der Waals surface area contributed by atoms with E-state index >= 15 is 0 Å². The average molecular weight is 380 g/mol. The van der Waals surface area contributed by atoms with Crippen molar-refractivity contribution in [3.05, 3.63) is 69.2 Å². The third kappa shape index (κ3) is 3.54. The van der Waals surface area contributed by atoms with Gasteiger partial charge in [0.2, 0.25) is 5.91 Å². The number of hydrogen-bond donors (Lipinski definition) is 2. The fourth-order valence-corrected chi connectivity index (χ4v) is 3.35. The van der Waals surface area contributed by atoms with Crippen LogP contribution in [0.15, 0.2) is 58.1 Å². The summed E-state index contributed by atoms with van der Waals surface area (Å²) in [6, 6.07) is 14.0. The molecule has 8 nitrogen and oxygen atoms in total. The monoisotopic (exact) mass is 380 g/mol. The summed E-state index contributed by atoms with van der Waals surface area (Å²) >= 11 is 0. The van der Waals surface area contributed by atoms with Crippen molar-refractivity contribution in [3.63, 3.8) is 0 Å². The van der Waals surface area contributed by atoms with Gasteiger partial charge < -0.3 is 15.0 Å².